The van der Waals surface area contributed by atoms with Crippen LogP contribution in [0.3, 0.4) is 0 Å². The summed E-state index contributed by atoms with van der Waals surface area (Å²) in [6.45, 7) is 2.30. The van der Waals surface area contributed by atoms with Gasteiger partial charge in [0.25, 0.3) is 11.8 Å². The monoisotopic (exact) mass is 507 g/mol. The van der Waals surface area contributed by atoms with Crippen molar-refractivity contribution in [3.63, 3.8) is 0 Å². The molecule has 2 aromatic carbocycles. The predicted octanol–water partition coefficient (Wildman–Crippen LogP) is 4.74. The van der Waals surface area contributed by atoms with Gasteiger partial charge in [0.1, 0.15) is 4.32 Å². The van der Waals surface area contributed by atoms with Gasteiger partial charge in [-0.25, -0.2) is 0 Å². The van der Waals surface area contributed by atoms with E-state index in [9.17, 15) is 14.4 Å². The van der Waals surface area contributed by atoms with E-state index in [0.717, 1.165) is 11.1 Å². The number of thiocarbonyl (C=S) groups is 1. The van der Waals surface area contributed by atoms with Gasteiger partial charge >= 0.3 is 0 Å². The number of nitrogens with zero attached hydrogens (tertiary/aromatic N) is 1. The number of thioether (sulfide) groups is 1. The Balaban J connectivity index is 1.46. The van der Waals surface area contributed by atoms with Crippen LogP contribution in [0.4, 0.5) is 0 Å². The van der Waals surface area contributed by atoms with Crippen molar-refractivity contribution >= 4 is 75.3 Å². The van der Waals surface area contributed by atoms with E-state index >= 15 is 0 Å². The average Bonchev–Trinajstić information content (AvgIpc) is 3.01. The fourth-order valence-electron chi connectivity index (χ4n) is 2.83. The first-order chi connectivity index (χ1) is 15.2. The lowest BCUT2D eigenvalue weighted by Gasteiger charge is -2.14. The minimum absolute atomic E-state index is 0.0999. The number of rotatable bonds is 6. The zero-order valence-corrected chi connectivity index (χ0v) is 20.1. The van der Waals surface area contributed by atoms with E-state index in [-0.39, 0.29) is 22.9 Å². The summed E-state index contributed by atoms with van der Waals surface area (Å²) in [5.74, 6) is -1.13. The van der Waals surface area contributed by atoms with Crippen LogP contribution in [0.15, 0.2) is 47.4 Å². The summed E-state index contributed by atoms with van der Waals surface area (Å²) in [6, 6.07) is 12.3. The van der Waals surface area contributed by atoms with Crippen LogP contribution in [-0.4, -0.2) is 33.5 Å². The molecule has 1 heterocycles. The number of aryl methyl sites for hydroxylation is 1. The highest BCUT2D eigenvalue weighted by Crippen LogP contribution is 2.32. The molecule has 0 aliphatic carbocycles. The molecule has 1 aliphatic heterocycles. The van der Waals surface area contributed by atoms with Crippen LogP contribution < -0.4 is 10.9 Å². The van der Waals surface area contributed by atoms with Gasteiger partial charge in [-0.3, -0.25) is 30.1 Å². The summed E-state index contributed by atoms with van der Waals surface area (Å²) in [4.78, 5) is 38.9. The van der Waals surface area contributed by atoms with Crippen molar-refractivity contribution in [1.29, 1.82) is 0 Å². The fourth-order valence-corrected chi connectivity index (χ4v) is 4.64. The fraction of sp³-hybridized carbons (Fsp3) is 0.182. The minimum Gasteiger partial charge on any atom is -0.293 e. The summed E-state index contributed by atoms with van der Waals surface area (Å²) in [5, 5.41) is 0.581. The maximum atomic E-state index is 12.7. The Hall–Kier alpha value is -2.39. The maximum absolute atomic E-state index is 12.7. The summed E-state index contributed by atoms with van der Waals surface area (Å²) in [6.07, 6.45) is 2.29. The van der Waals surface area contributed by atoms with Gasteiger partial charge < -0.3 is 0 Å². The van der Waals surface area contributed by atoms with Gasteiger partial charge in [0, 0.05) is 18.0 Å². The number of carbonyl (C=O) groups excluding carboxylic acids is 3. The molecule has 10 heteroatoms. The summed E-state index contributed by atoms with van der Waals surface area (Å²) in [5.41, 5.74) is 6.89. The van der Waals surface area contributed by atoms with Crippen molar-refractivity contribution in [2.75, 3.05) is 6.54 Å². The van der Waals surface area contributed by atoms with Crippen LogP contribution >= 0.6 is 47.2 Å². The van der Waals surface area contributed by atoms with Gasteiger partial charge in [-0.15, -0.1) is 0 Å². The van der Waals surface area contributed by atoms with Crippen molar-refractivity contribution in [2.45, 2.75) is 19.8 Å². The third kappa shape index (κ3) is 6.32. The number of carbonyl (C=O) groups is 3. The molecule has 166 valence electrons. The smallest absolute Gasteiger partial charge is 0.271 e. The van der Waals surface area contributed by atoms with Gasteiger partial charge in [-0.1, -0.05) is 77.0 Å². The standard InChI is InChI=1S/C22H19Cl2N3O3S2/c1-13-4-6-14(7-5-13)11-18-21(30)27(22(31)32-18)10-2-3-19(28)25-26-20(29)16-9-8-15(23)12-17(16)24/h4-9,11-12H,2-3,10H2,1H3,(H,25,28)(H,26,29)/b18-11-. The Kier molecular flexibility index (Phi) is 8.31. The second-order valence-corrected chi connectivity index (χ2v) is 9.49. The first-order valence-corrected chi connectivity index (χ1v) is 11.6. The number of nitrogens with one attached hydrogen (secondary N) is 2. The summed E-state index contributed by atoms with van der Waals surface area (Å²) >= 11 is 18.3. The highest BCUT2D eigenvalue weighted by Gasteiger charge is 2.31. The second-order valence-electron chi connectivity index (χ2n) is 6.97. The lowest BCUT2D eigenvalue weighted by atomic mass is 10.1. The SMILES string of the molecule is Cc1ccc(/C=C2\SC(=S)N(CCCC(=O)NNC(=O)c3ccc(Cl)cc3Cl)C2=O)cc1. The number of amides is 3. The first-order valence-electron chi connectivity index (χ1n) is 9.61. The van der Waals surface area contributed by atoms with Crippen molar-refractivity contribution < 1.29 is 14.4 Å². The topological polar surface area (TPSA) is 78.5 Å². The van der Waals surface area contributed by atoms with Crippen molar-refractivity contribution in [3.05, 3.63) is 74.1 Å². The lowest BCUT2D eigenvalue weighted by Crippen LogP contribution is -2.42. The van der Waals surface area contributed by atoms with E-state index in [0.29, 0.717) is 27.2 Å². The Labute approximate surface area is 205 Å². The predicted molar refractivity (Wildman–Crippen MR) is 132 cm³/mol. The van der Waals surface area contributed by atoms with Crippen LogP contribution in [0, 0.1) is 6.92 Å². The van der Waals surface area contributed by atoms with Gasteiger partial charge in [-0.05, 0) is 43.2 Å². The van der Waals surface area contributed by atoms with Crippen molar-refractivity contribution in [1.82, 2.24) is 15.8 Å². The molecular formula is C22H19Cl2N3O3S2. The van der Waals surface area contributed by atoms with Crippen molar-refractivity contribution in [2.24, 2.45) is 0 Å². The Morgan fingerprint density at radius 1 is 1.12 bits per heavy atom. The largest absolute Gasteiger partial charge is 0.293 e. The van der Waals surface area contributed by atoms with E-state index in [4.69, 9.17) is 35.4 Å². The molecule has 1 saturated heterocycles. The number of hydrogen-bond donors (Lipinski definition) is 2. The lowest BCUT2D eigenvalue weighted by molar-refractivity contribution is -0.124. The zero-order chi connectivity index (χ0) is 23.3. The molecule has 0 saturated carbocycles. The molecule has 2 N–H and O–H groups in total. The molecule has 3 rings (SSSR count). The normalized spacial score (nSPS) is 14.7. The number of hydrogen-bond acceptors (Lipinski definition) is 5. The number of halogens is 2. The third-order valence-electron chi connectivity index (χ3n) is 4.53. The molecule has 1 aliphatic rings. The molecule has 0 spiro atoms. The highest BCUT2D eigenvalue weighted by molar-refractivity contribution is 8.26. The molecule has 0 unspecified atom stereocenters. The molecule has 6 nitrogen and oxygen atoms in total. The quantitative estimate of drug-likeness (QED) is 0.335. The molecule has 0 atom stereocenters. The van der Waals surface area contributed by atoms with E-state index in [1.54, 1.807) is 0 Å². The highest BCUT2D eigenvalue weighted by atomic mass is 35.5. The van der Waals surface area contributed by atoms with Crippen LogP contribution in [-0.2, 0) is 9.59 Å². The van der Waals surface area contributed by atoms with Gasteiger partial charge in [0.05, 0.1) is 15.5 Å². The van der Waals surface area contributed by atoms with Gasteiger partial charge in [0.2, 0.25) is 5.91 Å². The molecule has 1 fully saturated rings. The van der Waals surface area contributed by atoms with Crippen molar-refractivity contribution in [3.8, 4) is 0 Å². The molecule has 3 amide bonds. The van der Waals surface area contributed by atoms with Gasteiger partial charge in [-0.2, -0.15) is 0 Å². The van der Waals surface area contributed by atoms with E-state index in [1.807, 2.05) is 37.3 Å². The van der Waals surface area contributed by atoms with Crippen LogP contribution in [0.1, 0.15) is 34.3 Å². The number of benzene rings is 2. The van der Waals surface area contributed by atoms with Crippen LogP contribution in [0.5, 0.6) is 0 Å². The maximum Gasteiger partial charge on any atom is 0.271 e. The average molecular weight is 508 g/mol. The Morgan fingerprint density at radius 2 is 1.84 bits per heavy atom. The number of hydrazine groups is 1. The van der Waals surface area contributed by atoms with E-state index in [1.165, 1.54) is 34.9 Å². The summed E-state index contributed by atoms with van der Waals surface area (Å²) in [7, 11) is 0. The van der Waals surface area contributed by atoms with E-state index in [2.05, 4.69) is 10.9 Å². The van der Waals surface area contributed by atoms with Gasteiger partial charge in [0.15, 0.2) is 0 Å². The molecule has 0 aromatic heterocycles. The van der Waals surface area contributed by atoms with E-state index < -0.39 is 11.8 Å². The zero-order valence-electron chi connectivity index (χ0n) is 17.0. The van der Waals surface area contributed by atoms with Crippen LogP contribution in [0.25, 0.3) is 6.08 Å². The Bertz CT molecular complexity index is 1100. The third-order valence-corrected chi connectivity index (χ3v) is 6.45. The van der Waals surface area contributed by atoms with Crippen LogP contribution in [0.2, 0.25) is 10.0 Å². The molecule has 2 aromatic rings. The second kappa shape index (κ2) is 11.0. The molecule has 0 bridgehead atoms. The molecule has 32 heavy (non-hydrogen) atoms. The molecular weight excluding hydrogens is 489 g/mol. The minimum atomic E-state index is -0.557. The first kappa shape index (κ1) is 24.3. The molecule has 0 radical (unpaired) electrons. The Morgan fingerprint density at radius 3 is 2.53 bits per heavy atom. The summed E-state index contributed by atoms with van der Waals surface area (Å²) < 4.78 is 0.458.